The van der Waals surface area contributed by atoms with Gasteiger partial charge in [-0.2, -0.15) is 0 Å². The van der Waals surface area contributed by atoms with E-state index in [1.54, 1.807) is 13.1 Å². The van der Waals surface area contributed by atoms with E-state index in [9.17, 15) is 4.79 Å². The maximum absolute atomic E-state index is 11.6. The van der Waals surface area contributed by atoms with Gasteiger partial charge in [0.05, 0.1) is 6.04 Å². The van der Waals surface area contributed by atoms with Crippen LogP contribution in [0, 0.1) is 6.92 Å². The highest BCUT2D eigenvalue weighted by atomic mass is 35.5. The molecule has 0 saturated carbocycles. The summed E-state index contributed by atoms with van der Waals surface area (Å²) in [5.41, 5.74) is 2.07. The van der Waals surface area contributed by atoms with Gasteiger partial charge in [-0.3, -0.25) is 4.79 Å². The van der Waals surface area contributed by atoms with E-state index in [1.165, 1.54) is 0 Å². The zero-order chi connectivity index (χ0) is 12.4. The maximum Gasteiger partial charge on any atom is 0.219 e. The number of hydrogen-bond donors (Lipinski definition) is 0. The molecule has 1 amide bonds. The van der Waals surface area contributed by atoms with Gasteiger partial charge in [0.25, 0.3) is 0 Å². The van der Waals surface area contributed by atoms with Crippen LogP contribution in [0.3, 0.4) is 0 Å². The van der Waals surface area contributed by atoms with E-state index in [2.05, 4.69) is 4.98 Å². The van der Waals surface area contributed by atoms with E-state index < -0.39 is 0 Å². The zero-order valence-electron chi connectivity index (χ0n) is 10.2. The van der Waals surface area contributed by atoms with Gasteiger partial charge < -0.3 is 4.90 Å². The van der Waals surface area contributed by atoms with Crippen LogP contribution in [0.5, 0.6) is 0 Å². The van der Waals surface area contributed by atoms with Crippen molar-refractivity contribution in [2.45, 2.75) is 39.2 Å². The lowest BCUT2D eigenvalue weighted by Gasteiger charge is -2.35. The molecule has 1 aliphatic rings. The molecular formula is C13H17ClN2O. The topological polar surface area (TPSA) is 33.2 Å². The normalized spacial score (nSPS) is 20.4. The Labute approximate surface area is 107 Å². The van der Waals surface area contributed by atoms with Gasteiger partial charge in [0.15, 0.2) is 0 Å². The first kappa shape index (κ1) is 12.4. The summed E-state index contributed by atoms with van der Waals surface area (Å²) in [5.74, 6) is 0.141. The molecule has 0 N–H and O–H groups in total. The number of halogens is 1. The molecule has 1 aliphatic heterocycles. The second-order valence-electron chi connectivity index (χ2n) is 4.60. The summed E-state index contributed by atoms with van der Waals surface area (Å²) in [6.45, 7) is 4.43. The average molecular weight is 253 g/mol. The standard InChI is InChI=1S/C13H17ClN2O/c1-9-7-11(8-15-13(9)14)12-5-3-4-6-16(12)10(2)17/h7-8,12H,3-6H2,1-2H3/t12-/m1/s1. The van der Waals surface area contributed by atoms with Gasteiger partial charge in [-0.1, -0.05) is 11.6 Å². The minimum absolute atomic E-state index is 0.141. The fourth-order valence-electron chi connectivity index (χ4n) is 2.42. The van der Waals surface area contributed by atoms with Crippen molar-refractivity contribution in [1.29, 1.82) is 0 Å². The Hall–Kier alpha value is -1.09. The van der Waals surface area contributed by atoms with Crippen molar-refractivity contribution in [2.75, 3.05) is 6.54 Å². The van der Waals surface area contributed by atoms with Gasteiger partial charge in [0.1, 0.15) is 5.15 Å². The van der Waals surface area contributed by atoms with Crippen molar-refractivity contribution < 1.29 is 4.79 Å². The Balaban J connectivity index is 2.29. The van der Waals surface area contributed by atoms with Gasteiger partial charge in [0, 0.05) is 19.7 Å². The molecule has 2 rings (SSSR count). The molecule has 3 nitrogen and oxygen atoms in total. The number of amides is 1. The summed E-state index contributed by atoms with van der Waals surface area (Å²) >= 11 is 5.93. The molecule has 1 aromatic heterocycles. The van der Waals surface area contributed by atoms with Gasteiger partial charge in [-0.15, -0.1) is 0 Å². The van der Waals surface area contributed by atoms with Crippen molar-refractivity contribution >= 4 is 17.5 Å². The Morgan fingerprint density at radius 3 is 2.94 bits per heavy atom. The third kappa shape index (κ3) is 2.60. The third-order valence-corrected chi connectivity index (χ3v) is 3.72. The van der Waals surface area contributed by atoms with Crippen LogP contribution in [0.2, 0.25) is 5.15 Å². The highest BCUT2D eigenvalue weighted by Crippen LogP contribution is 2.31. The number of nitrogens with zero attached hydrogens (tertiary/aromatic N) is 2. The van der Waals surface area contributed by atoms with Crippen LogP contribution < -0.4 is 0 Å². The molecule has 1 saturated heterocycles. The minimum Gasteiger partial charge on any atom is -0.336 e. The first-order chi connectivity index (χ1) is 8.09. The zero-order valence-corrected chi connectivity index (χ0v) is 11.0. The number of hydrogen-bond acceptors (Lipinski definition) is 2. The molecule has 0 aliphatic carbocycles. The summed E-state index contributed by atoms with van der Waals surface area (Å²) in [7, 11) is 0. The molecule has 17 heavy (non-hydrogen) atoms. The highest BCUT2D eigenvalue weighted by Gasteiger charge is 2.26. The largest absolute Gasteiger partial charge is 0.336 e. The number of likely N-dealkylation sites (tertiary alicyclic amines) is 1. The fraction of sp³-hybridized carbons (Fsp3) is 0.538. The van der Waals surface area contributed by atoms with Gasteiger partial charge in [-0.05, 0) is 43.4 Å². The summed E-state index contributed by atoms with van der Waals surface area (Å²) in [5, 5.41) is 0.541. The van der Waals surface area contributed by atoms with Crippen molar-refractivity contribution in [3.63, 3.8) is 0 Å². The van der Waals surface area contributed by atoms with Crippen molar-refractivity contribution in [2.24, 2.45) is 0 Å². The van der Waals surface area contributed by atoms with Crippen LogP contribution in [0.4, 0.5) is 0 Å². The molecule has 1 atom stereocenters. The monoisotopic (exact) mass is 252 g/mol. The lowest BCUT2D eigenvalue weighted by atomic mass is 9.95. The highest BCUT2D eigenvalue weighted by molar-refractivity contribution is 6.30. The molecular weight excluding hydrogens is 236 g/mol. The fourth-order valence-corrected chi connectivity index (χ4v) is 2.52. The smallest absolute Gasteiger partial charge is 0.219 e. The Bertz CT molecular complexity index is 433. The first-order valence-corrected chi connectivity index (χ1v) is 6.36. The minimum atomic E-state index is 0.141. The number of aryl methyl sites for hydroxylation is 1. The molecule has 0 aromatic carbocycles. The van der Waals surface area contributed by atoms with E-state index in [1.807, 2.05) is 17.9 Å². The predicted octanol–water partition coefficient (Wildman–Crippen LogP) is 3.12. The van der Waals surface area contributed by atoms with Gasteiger partial charge in [0.2, 0.25) is 5.91 Å². The third-order valence-electron chi connectivity index (χ3n) is 3.33. The van der Waals surface area contributed by atoms with Crippen molar-refractivity contribution in [3.8, 4) is 0 Å². The Morgan fingerprint density at radius 1 is 1.53 bits per heavy atom. The van der Waals surface area contributed by atoms with Crippen LogP contribution in [-0.2, 0) is 4.79 Å². The molecule has 0 radical (unpaired) electrons. The lowest BCUT2D eigenvalue weighted by molar-refractivity contribution is -0.132. The maximum atomic E-state index is 11.6. The van der Waals surface area contributed by atoms with Crippen molar-refractivity contribution in [3.05, 3.63) is 28.5 Å². The number of rotatable bonds is 1. The number of pyridine rings is 1. The number of carbonyl (C=O) groups excluding carboxylic acids is 1. The van der Waals surface area contributed by atoms with E-state index in [-0.39, 0.29) is 11.9 Å². The van der Waals surface area contributed by atoms with E-state index in [4.69, 9.17) is 11.6 Å². The molecule has 1 aromatic rings. The van der Waals surface area contributed by atoms with Crippen LogP contribution in [0.25, 0.3) is 0 Å². The summed E-state index contributed by atoms with van der Waals surface area (Å²) < 4.78 is 0. The second-order valence-corrected chi connectivity index (χ2v) is 4.96. The van der Waals surface area contributed by atoms with Crippen LogP contribution in [0.15, 0.2) is 12.3 Å². The van der Waals surface area contributed by atoms with Crippen LogP contribution >= 0.6 is 11.6 Å². The van der Waals surface area contributed by atoms with Crippen LogP contribution in [0.1, 0.15) is 43.4 Å². The molecule has 2 heterocycles. The number of carbonyl (C=O) groups is 1. The SMILES string of the molecule is CC(=O)N1CCCC[C@@H]1c1cnc(Cl)c(C)c1. The second kappa shape index (κ2) is 5.05. The molecule has 4 heteroatoms. The van der Waals surface area contributed by atoms with Gasteiger partial charge in [-0.25, -0.2) is 4.98 Å². The van der Waals surface area contributed by atoms with E-state index in [0.29, 0.717) is 5.15 Å². The molecule has 92 valence electrons. The first-order valence-electron chi connectivity index (χ1n) is 5.99. The summed E-state index contributed by atoms with van der Waals surface area (Å²) in [6, 6.07) is 2.21. The molecule has 1 fully saturated rings. The van der Waals surface area contributed by atoms with E-state index >= 15 is 0 Å². The average Bonchev–Trinajstić information content (AvgIpc) is 2.32. The predicted molar refractivity (Wildman–Crippen MR) is 68.0 cm³/mol. The van der Waals surface area contributed by atoms with Crippen LogP contribution in [-0.4, -0.2) is 22.3 Å². The van der Waals surface area contributed by atoms with Crippen molar-refractivity contribution in [1.82, 2.24) is 9.88 Å². The van der Waals surface area contributed by atoms with Gasteiger partial charge >= 0.3 is 0 Å². The Kier molecular flexibility index (Phi) is 3.67. The van der Waals surface area contributed by atoms with E-state index in [0.717, 1.165) is 36.9 Å². The lowest BCUT2D eigenvalue weighted by Crippen LogP contribution is -2.37. The molecule has 0 spiro atoms. The Morgan fingerprint density at radius 2 is 2.29 bits per heavy atom. The number of aromatic nitrogens is 1. The molecule has 0 unspecified atom stereocenters. The summed E-state index contributed by atoms with van der Waals surface area (Å²) in [6.07, 6.45) is 5.07. The molecule has 0 bridgehead atoms. The quantitative estimate of drug-likeness (QED) is 0.720. The summed E-state index contributed by atoms with van der Waals surface area (Å²) in [4.78, 5) is 17.7. The number of piperidine rings is 1.